The van der Waals surface area contributed by atoms with Gasteiger partial charge in [-0.15, -0.1) is 0 Å². The number of esters is 1. The van der Waals surface area contributed by atoms with Gasteiger partial charge in [-0.3, -0.25) is 19.6 Å². The van der Waals surface area contributed by atoms with E-state index in [4.69, 9.17) is 4.74 Å². The van der Waals surface area contributed by atoms with E-state index in [1.165, 1.54) is 6.92 Å². The van der Waals surface area contributed by atoms with E-state index >= 15 is 0 Å². The Hall–Kier alpha value is -3.35. The SMILES string of the molecule is CC(=O)Oc1cccc2c1N=C(CC(=O)c1cccnc1)N1CCN=C21. The van der Waals surface area contributed by atoms with Crippen LogP contribution < -0.4 is 4.74 Å². The Morgan fingerprint density at radius 3 is 2.88 bits per heavy atom. The van der Waals surface area contributed by atoms with Gasteiger partial charge < -0.3 is 9.64 Å². The van der Waals surface area contributed by atoms with E-state index in [9.17, 15) is 9.59 Å². The fourth-order valence-electron chi connectivity index (χ4n) is 3.08. The van der Waals surface area contributed by atoms with Crippen LogP contribution >= 0.6 is 0 Å². The minimum atomic E-state index is -0.419. The molecule has 0 fully saturated rings. The molecule has 0 saturated carbocycles. The lowest BCUT2D eigenvalue weighted by Gasteiger charge is -2.28. The van der Waals surface area contributed by atoms with Gasteiger partial charge in [0.25, 0.3) is 0 Å². The van der Waals surface area contributed by atoms with Gasteiger partial charge in [0.2, 0.25) is 0 Å². The van der Waals surface area contributed by atoms with E-state index in [0.29, 0.717) is 35.9 Å². The molecule has 7 nitrogen and oxygen atoms in total. The number of nitrogens with zero attached hydrogens (tertiary/aromatic N) is 4. The van der Waals surface area contributed by atoms with Crippen molar-refractivity contribution in [2.45, 2.75) is 13.3 Å². The summed E-state index contributed by atoms with van der Waals surface area (Å²) in [6.07, 6.45) is 3.29. The van der Waals surface area contributed by atoms with Crippen LogP contribution in [0.1, 0.15) is 29.3 Å². The minimum Gasteiger partial charge on any atom is -0.424 e. The van der Waals surface area contributed by atoms with Crippen LogP contribution in [0.15, 0.2) is 52.7 Å². The summed E-state index contributed by atoms with van der Waals surface area (Å²) < 4.78 is 5.28. The molecule has 0 radical (unpaired) electrons. The van der Waals surface area contributed by atoms with Crippen LogP contribution in [0.4, 0.5) is 5.69 Å². The lowest BCUT2D eigenvalue weighted by molar-refractivity contribution is -0.131. The second-order valence-electron chi connectivity index (χ2n) is 5.97. The predicted molar refractivity (Wildman–Crippen MR) is 96.1 cm³/mol. The zero-order valence-electron chi connectivity index (χ0n) is 14.2. The Balaban J connectivity index is 1.74. The molecule has 3 heterocycles. The minimum absolute atomic E-state index is 0.0727. The Bertz CT molecular complexity index is 951. The van der Waals surface area contributed by atoms with Crippen LogP contribution in [0.2, 0.25) is 0 Å². The number of ketones is 1. The molecule has 0 aliphatic carbocycles. The Morgan fingerprint density at radius 1 is 1.23 bits per heavy atom. The number of carbonyl (C=O) groups is 2. The molecular weight excluding hydrogens is 332 g/mol. The fourth-order valence-corrected chi connectivity index (χ4v) is 3.08. The van der Waals surface area contributed by atoms with Crippen LogP contribution in [0.25, 0.3) is 0 Å². The van der Waals surface area contributed by atoms with Crippen LogP contribution in [-0.2, 0) is 4.79 Å². The molecule has 0 atom stereocenters. The second-order valence-corrected chi connectivity index (χ2v) is 5.97. The summed E-state index contributed by atoms with van der Waals surface area (Å²) >= 11 is 0. The Kier molecular flexibility index (Phi) is 4.04. The van der Waals surface area contributed by atoms with Crippen LogP contribution in [0.5, 0.6) is 5.75 Å². The molecule has 1 aromatic heterocycles. The first kappa shape index (κ1) is 16.1. The van der Waals surface area contributed by atoms with Crippen molar-refractivity contribution in [2.24, 2.45) is 9.98 Å². The van der Waals surface area contributed by atoms with Crippen LogP contribution in [-0.4, -0.2) is 46.4 Å². The third-order valence-corrected chi connectivity index (χ3v) is 4.19. The molecule has 130 valence electrons. The first-order chi connectivity index (χ1) is 12.6. The summed E-state index contributed by atoms with van der Waals surface area (Å²) in [7, 11) is 0. The summed E-state index contributed by atoms with van der Waals surface area (Å²) in [6.45, 7) is 2.65. The van der Waals surface area contributed by atoms with E-state index in [-0.39, 0.29) is 12.2 Å². The number of aliphatic imine (C=N–C) groups is 2. The highest BCUT2D eigenvalue weighted by molar-refractivity contribution is 6.21. The number of carbonyl (C=O) groups excluding carboxylic acids is 2. The average molecular weight is 348 g/mol. The van der Waals surface area contributed by atoms with Gasteiger partial charge in [0.05, 0.1) is 13.0 Å². The summed E-state index contributed by atoms with van der Waals surface area (Å²) in [6, 6.07) is 8.85. The molecule has 7 heteroatoms. The topological polar surface area (TPSA) is 84.2 Å². The van der Waals surface area contributed by atoms with Gasteiger partial charge in [0, 0.05) is 37.0 Å². The maximum absolute atomic E-state index is 12.6. The molecule has 0 amide bonds. The highest BCUT2D eigenvalue weighted by Gasteiger charge is 2.32. The number of rotatable bonds is 4. The molecule has 0 unspecified atom stereocenters. The molecule has 26 heavy (non-hydrogen) atoms. The van der Waals surface area contributed by atoms with Gasteiger partial charge in [-0.05, 0) is 24.3 Å². The van der Waals surface area contributed by atoms with Crippen molar-refractivity contribution >= 4 is 29.1 Å². The largest absolute Gasteiger partial charge is 0.424 e. The molecule has 2 aliphatic heterocycles. The van der Waals surface area contributed by atoms with Crippen molar-refractivity contribution in [3.05, 3.63) is 53.9 Å². The maximum Gasteiger partial charge on any atom is 0.308 e. The number of aromatic nitrogens is 1. The molecular formula is C19H16N4O3. The van der Waals surface area contributed by atoms with Crippen molar-refractivity contribution in [3.8, 4) is 5.75 Å². The quantitative estimate of drug-likeness (QED) is 0.481. The highest BCUT2D eigenvalue weighted by Crippen LogP contribution is 2.37. The number of ether oxygens (including phenoxy) is 1. The molecule has 0 spiro atoms. The first-order valence-electron chi connectivity index (χ1n) is 8.28. The molecule has 1 aromatic carbocycles. The molecule has 0 N–H and O–H groups in total. The number of amidine groups is 2. The van der Waals surface area contributed by atoms with Gasteiger partial charge in [-0.1, -0.05) is 6.07 Å². The van der Waals surface area contributed by atoms with Gasteiger partial charge in [0.1, 0.15) is 17.4 Å². The van der Waals surface area contributed by atoms with Gasteiger partial charge in [-0.25, -0.2) is 4.99 Å². The van der Waals surface area contributed by atoms with Crippen molar-refractivity contribution in [2.75, 3.05) is 13.1 Å². The number of benzene rings is 1. The Morgan fingerprint density at radius 2 is 2.12 bits per heavy atom. The molecule has 2 aliphatic rings. The smallest absolute Gasteiger partial charge is 0.308 e. The molecule has 4 rings (SSSR count). The summed E-state index contributed by atoms with van der Waals surface area (Å²) in [4.78, 5) is 39.1. The van der Waals surface area contributed by atoms with E-state index in [2.05, 4.69) is 15.0 Å². The normalized spacial score (nSPS) is 14.9. The lowest BCUT2D eigenvalue weighted by atomic mass is 10.1. The third-order valence-electron chi connectivity index (χ3n) is 4.19. The van der Waals surface area contributed by atoms with Crippen molar-refractivity contribution in [1.29, 1.82) is 0 Å². The Labute approximate surface area is 150 Å². The van der Waals surface area contributed by atoms with Crippen molar-refractivity contribution < 1.29 is 14.3 Å². The van der Waals surface area contributed by atoms with Crippen LogP contribution in [0.3, 0.4) is 0 Å². The zero-order chi connectivity index (χ0) is 18.1. The number of Topliss-reactive ketones (excluding diaryl/α,β-unsaturated/α-hetero) is 1. The van der Waals surface area contributed by atoms with Crippen LogP contribution in [0, 0.1) is 0 Å². The van der Waals surface area contributed by atoms with E-state index in [0.717, 1.165) is 11.4 Å². The number of pyridine rings is 1. The van der Waals surface area contributed by atoms with Gasteiger partial charge in [0.15, 0.2) is 11.5 Å². The monoisotopic (exact) mass is 348 g/mol. The molecule has 0 saturated heterocycles. The molecule has 2 aromatic rings. The number of para-hydroxylation sites is 1. The third kappa shape index (κ3) is 2.88. The molecule has 0 bridgehead atoms. The van der Waals surface area contributed by atoms with Gasteiger partial charge >= 0.3 is 5.97 Å². The second kappa shape index (κ2) is 6.51. The summed E-state index contributed by atoms with van der Waals surface area (Å²) in [5.41, 5.74) is 1.87. The first-order valence-corrected chi connectivity index (χ1v) is 8.28. The van der Waals surface area contributed by atoms with Crippen molar-refractivity contribution in [3.63, 3.8) is 0 Å². The number of fused-ring (bicyclic) bond motifs is 3. The zero-order valence-corrected chi connectivity index (χ0v) is 14.2. The average Bonchev–Trinajstić information content (AvgIpc) is 3.13. The van der Waals surface area contributed by atoms with Crippen molar-refractivity contribution in [1.82, 2.24) is 9.88 Å². The van der Waals surface area contributed by atoms with E-state index in [1.54, 1.807) is 36.7 Å². The number of hydrogen-bond donors (Lipinski definition) is 0. The fraction of sp³-hybridized carbons (Fsp3) is 0.211. The van der Waals surface area contributed by atoms with Gasteiger partial charge in [-0.2, -0.15) is 0 Å². The van der Waals surface area contributed by atoms with E-state index < -0.39 is 5.97 Å². The highest BCUT2D eigenvalue weighted by atomic mass is 16.5. The lowest BCUT2D eigenvalue weighted by Crippen LogP contribution is -2.38. The predicted octanol–water partition coefficient (Wildman–Crippen LogP) is 2.39. The summed E-state index contributed by atoms with van der Waals surface area (Å²) in [5.74, 6) is 1.24. The number of hydrogen-bond acceptors (Lipinski definition) is 7. The summed E-state index contributed by atoms with van der Waals surface area (Å²) in [5, 5.41) is 0. The van der Waals surface area contributed by atoms with E-state index in [1.807, 2.05) is 11.0 Å². The maximum atomic E-state index is 12.6. The standard InChI is InChI=1S/C19H16N4O3/c1-12(24)26-16-6-2-5-14-18(16)22-17(23-9-8-21-19(14)23)10-15(25)13-4-3-7-20-11-13/h2-7,11H,8-10H2,1H3.